The van der Waals surface area contributed by atoms with Crippen LogP contribution in [0.3, 0.4) is 0 Å². The molecule has 0 amide bonds. The Labute approximate surface area is 143 Å². The van der Waals surface area contributed by atoms with Crippen LogP contribution < -0.4 is 0 Å². The molecule has 24 heavy (non-hydrogen) atoms. The van der Waals surface area contributed by atoms with Crippen LogP contribution in [0.2, 0.25) is 0 Å². The van der Waals surface area contributed by atoms with Gasteiger partial charge in [-0.05, 0) is 44.6 Å². The minimum atomic E-state index is -0.0293. The first-order valence-corrected chi connectivity index (χ1v) is 9.30. The van der Waals surface area contributed by atoms with Gasteiger partial charge in [-0.2, -0.15) is 5.10 Å². The molecule has 6 nitrogen and oxygen atoms in total. The first kappa shape index (κ1) is 16.5. The molecule has 1 aromatic rings. The van der Waals surface area contributed by atoms with Gasteiger partial charge >= 0.3 is 0 Å². The summed E-state index contributed by atoms with van der Waals surface area (Å²) in [6.07, 6.45) is 6.93. The summed E-state index contributed by atoms with van der Waals surface area (Å²) in [6.45, 7) is 2.49. The second-order valence-electron chi connectivity index (χ2n) is 7.59. The highest BCUT2D eigenvalue weighted by molar-refractivity contribution is 5.18. The molecule has 134 valence electrons. The van der Waals surface area contributed by atoms with Gasteiger partial charge in [0, 0.05) is 37.9 Å². The van der Waals surface area contributed by atoms with E-state index < -0.39 is 0 Å². The van der Waals surface area contributed by atoms with E-state index in [0.29, 0.717) is 18.6 Å². The molecular formula is C18H29N3O3. The molecule has 1 aliphatic heterocycles. The number of nitrogens with zero attached hydrogens (tertiary/aromatic N) is 2. The molecule has 1 saturated heterocycles. The number of aromatic nitrogens is 2. The van der Waals surface area contributed by atoms with Crippen molar-refractivity contribution in [1.29, 1.82) is 0 Å². The van der Waals surface area contributed by atoms with Gasteiger partial charge in [-0.1, -0.05) is 0 Å². The van der Waals surface area contributed by atoms with E-state index in [1.165, 1.54) is 24.2 Å². The van der Waals surface area contributed by atoms with Crippen LogP contribution in [-0.2, 0) is 16.0 Å². The van der Waals surface area contributed by atoms with E-state index in [1.54, 1.807) is 0 Å². The normalized spacial score (nSPS) is 33.8. The molecule has 6 heteroatoms. The second kappa shape index (κ2) is 6.75. The fourth-order valence-corrected chi connectivity index (χ4v) is 4.58. The van der Waals surface area contributed by atoms with E-state index in [2.05, 4.69) is 21.2 Å². The molecule has 0 aromatic carbocycles. The van der Waals surface area contributed by atoms with E-state index in [9.17, 15) is 0 Å². The number of fused-ring (bicyclic) bond motifs is 1. The number of hydrogen-bond acceptors (Lipinski definition) is 5. The molecule has 0 bridgehead atoms. The van der Waals surface area contributed by atoms with Crippen LogP contribution in [-0.4, -0.2) is 64.8 Å². The zero-order chi connectivity index (χ0) is 16.6. The Morgan fingerprint density at radius 3 is 3.00 bits per heavy atom. The number of hydrogen-bond donors (Lipinski definition) is 2. The number of nitrogens with one attached hydrogen (secondary N) is 1. The lowest BCUT2D eigenvalue weighted by Gasteiger charge is -2.43. The van der Waals surface area contributed by atoms with Gasteiger partial charge in [0.2, 0.25) is 0 Å². The van der Waals surface area contributed by atoms with Crippen LogP contribution in [0.25, 0.3) is 0 Å². The third-order valence-corrected chi connectivity index (χ3v) is 6.12. The molecule has 2 saturated carbocycles. The Kier molecular flexibility index (Phi) is 4.64. The summed E-state index contributed by atoms with van der Waals surface area (Å²) in [7, 11) is 1.85. The molecule has 2 heterocycles. The lowest BCUT2D eigenvalue weighted by molar-refractivity contribution is -0.104. The predicted octanol–water partition coefficient (Wildman–Crippen LogP) is 1.81. The average Bonchev–Trinajstić information content (AvgIpc) is 3.26. The lowest BCUT2D eigenvalue weighted by Crippen LogP contribution is -2.51. The molecule has 4 rings (SSSR count). The SMILES string of the molecule is CO[C@@]12CC[C@H](OCCO)C[C@@H]1N(Cc1cc(C3CC3)n[nH]1)CC2. The number of methoxy groups -OCH3 is 1. The summed E-state index contributed by atoms with van der Waals surface area (Å²) in [6, 6.07) is 2.63. The summed E-state index contributed by atoms with van der Waals surface area (Å²) in [5.41, 5.74) is 2.41. The van der Waals surface area contributed by atoms with Crippen molar-refractivity contribution in [2.45, 2.75) is 68.7 Å². The van der Waals surface area contributed by atoms with Gasteiger partial charge in [0.05, 0.1) is 30.6 Å². The number of H-pyrrole nitrogens is 1. The van der Waals surface area contributed by atoms with E-state index in [0.717, 1.165) is 38.8 Å². The Balaban J connectivity index is 1.44. The highest BCUT2D eigenvalue weighted by atomic mass is 16.5. The van der Waals surface area contributed by atoms with E-state index in [1.807, 2.05) is 7.11 Å². The maximum absolute atomic E-state index is 9.01. The maximum Gasteiger partial charge on any atom is 0.0847 e. The van der Waals surface area contributed by atoms with E-state index >= 15 is 0 Å². The van der Waals surface area contributed by atoms with Gasteiger partial charge in [0.15, 0.2) is 0 Å². The van der Waals surface area contributed by atoms with Crippen molar-refractivity contribution >= 4 is 0 Å². The minimum absolute atomic E-state index is 0.0293. The molecule has 3 atom stereocenters. The van der Waals surface area contributed by atoms with Crippen LogP contribution in [0.5, 0.6) is 0 Å². The summed E-state index contributed by atoms with van der Waals surface area (Å²) < 4.78 is 11.8. The molecule has 3 fully saturated rings. The van der Waals surface area contributed by atoms with Gasteiger partial charge in [0.25, 0.3) is 0 Å². The predicted molar refractivity (Wildman–Crippen MR) is 89.8 cm³/mol. The van der Waals surface area contributed by atoms with Gasteiger partial charge in [-0.3, -0.25) is 10.00 Å². The third kappa shape index (κ3) is 3.12. The van der Waals surface area contributed by atoms with Crippen LogP contribution >= 0.6 is 0 Å². The third-order valence-electron chi connectivity index (χ3n) is 6.12. The molecule has 0 spiro atoms. The summed E-state index contributed by atoms with van der Waals surface area (Å²) in [5, 5.41) is 16.7. The number of aromatic amines is 1. The van der Waals surface area contributed by atoms with Crippen LogP contribution in [0.1, 0.15) is 55.8 Å². The van der Waals surface area contributed by atoms with Crippen molar-refractivity contribution in [3.8, 4) is 0 Å². The van der Waals surface area contributed by atoms with Crippen molar-refractivity contribution < 1.29 is 14.6 Å². The van der Waals surface area contributed by atoms with Gasteiger partial charge < -0.3 is 14.6 Å². The minimum Gasteiger partial charge on any atom is -0.394 e. The monoisotopic (exact) mass is 335 g/mol. The number of aliphatic hydroxyl groups is 1. The van der Waals surface area contributed by atoms with E-state index in [-0.39, 0.29) is 18.3 Å². The Morgan fingerprint density at radius 1 is 1.38 bits per heavy atom. The fraction of sp³-hybridized carbons (Fsp3) is 0.833. The second-order valence-corrected chi connectivity index (χ2v) is 7.59. The van der Waals surface area contributed by atoms with Crippen molar-refractivity contribution in [3.05, 3.63) is 17.5 Å². The van der Waals surface area contributed by atoms with Crippen molar-refractivity contribution in [2.24, 2.45) is 0 Å². The van der Waals surface area contributed by atoms with Crippen molar-refractivity contribution in [1.82, 2.24) is 15.1 Å². The van der Waals surface area contributed by atoms with Crippen LogP contribution in [0.4, 0.5) is 0 Å². The summed E-state index contributed by atoms with van der Waals surface area (Å²) >= 11 is 0. The van der Waals surface area contributed by atoms with Gasteiger partial charge in [-0.25, -0.2) is 0 Å². The molecule has 0 radical (unpaired) electrons. The molecule has 3 aliphatic rings. The molecular weight excluding hydrogens is 306 g/mol. The first-order chi connectivity index (χ1) is 11.7. The standard InChI is InChI=1S/C18H29N3O3/c1-23-18-5-4-15(24-9-8-22)11-17(18)21(7-6-18)12-14-10-16(20-19-14)13-2-3-13/h10,13,15,17,22H,2-9,11-12H2,1H3,(H,19,20)/t15-,17-,18+/m0/s1. The van der Waals surface area contributed by atoms with Crippen molar-refractivity contribution in [2.75, 3.05) is 26.9 Å². The van der Waals surface area contributed by atoms with Crippen LogP contribution in [0.15, 0.2) is 6.07 Å². The quantitative estimate of drug-likeness (QED) is 0.795. The molecule has 2 aliphatic carbocycles. The molecule has 0 unspecified atom stereocenters. The lowest BCUT2D eigenvalue weighted by atomic mass is 9.79. The maximum atomic E-state index is 9.01. The Hall–Kier alpha value is -0.950. The highest BCUT2D eigenvalue weighted by Crippen LogP contribution is 2.44. The van der Waals surface area contributed by atoms with E-state index in [4.69, 9.17) is 14.6 Å². The topological polar surface area (TPSA) is 70.6 Å². The number of ether oxygens (including phenoxy) is 2. The highest BCUT2D eigenvalue weighted by Gasteiger charge is 2.51. The average molecular weight is 335 g/mol. The van der Waals surface area contributed by atoms with Gasteiger partial charge in [-0.15, -0.1) is 0 Å². The number of likely N-dealkylation sites (tertiary alicyclic amines) is 1. The first-order valence-electron chi connectivity index (χ1n) is 9.30. The Bertz CT molecular complexity index is 559. The number of aliphatic hydroxyl groups excluding tert-OH is 1. The smallest absolute Gasteiger partial charge is 0.0847 e. The van der Waals surface area contributed by atoms with Gasteiger partial charge in [0.1, 0.15) is 0 Å². The molecule has 1 aromatic heterocycles. The largest absolute Gasteiger partial charge is 0.394 e. The van der Waals surface area contributed by atoms with Crippen molar-refractivity contribution in [3.63, 3.8) is 0 Å². The zero-order valence-electron chi connectivity index (χ0n) is 14.5. The number of rotatable bonds is 7. The van der Waals surface area contributed by atoms with Crippen LogP contribution in [0, 0.1) is 0 Å². The zero-order valence-corrected chi connectivity index (χ0v) is 14.5. The molecule has 2 N–H and O–H groups in total. The Morgan fingerprint density at radius 2 is 2.25 bits per heavy atom. The summed E-state index contributed by atoms with van der Waals surface area (Å²) in [5.74, 6) is 0.692. The summed E-state index contributed by atoms with van der Waals surface area (Å²) in [4.78, 5) is 2.53. The fourth-order valence-electron chi connectivity index (χ4n) is 4.58.